The fourth-order valence-electron chi connectivity index (χ4n) is 1.83. The van der Waals surface area contributed by atoms with Gasteiger partial charge in [0, 0.05) is 9.75 Å². The van der Waals surface area contributed by atoms with E-state index in [1.54, 1.807) is 9.75 Å². The molecule has 0 spiro atoms. The molecule has 0 saturated heterocycles. The summed E-state index contributed by atoms with van der Waals surface area (Å²) in [6.45, 7) is 3.10. The molecule has 2 atom stereocenters. The van der Waals surface area contributed by atoms with Crippen molar-refractivity contribution in [3.05, 3.63) is 21.9 Å². The Bertz CT molecular complexity index is 279. The largest absolute Gasteiger partial charge is 0.330 e. The molecule has 1 aliphatic rings. The fraction of sp³-hybridized carbons (Fsp3) is 0.636. The Morgan fingerprint density at radius 3 is 3.00 bits per heavy atom. The van der Waals surface area contributed by atoms with Crippen LogP contribution in [0.3, 0.4) is 0 Å². The molecule has 2 unspecified atom stereocenters. The molecule has 1 aromatic heterocycles. The van der Waals surface area contributed by atoms with Crippen molar-refractivity contribution >= 4 is 11.3 Å². The topological polar surface area (TPSA) is 26.0 Å². The Kier molecular flexibility index (Phi) is 2.70. The molecule has 0 bridgehead atoms. The second-order valence-electron chi connectivity index (χ2n) is 3.89. The Morgan fingerprint density at radius 1 is 1.54 bits per heavy atom. The van der Waals surface area contributed by atoms with Crippen LogP contribution in [0.2, 0.25) is 0 Å². The lowest BCUT2D eigenvalue weighted by Crippen LogP contribution is -2.01. The van der Waals surface area contributed by atoms with Crippen molar-refractivity contribution in [2.45, 2.75) is 32.1 Å². The summed E-state index contributed by atoms with van der Waals surface area (Å²) in [7, 11) is 0. The summed E-state index contributed by atoms with van der Waals surface area (Å²) < 4.78 is 0. The third-order valence-corrected chi connectivity index (χ3v) is 4.05. The number of hydrogen-bond acceptors (Lipinski definition) is 2. The first-order valence-corrected chi connectivity index (χ1v) is 5.95. The van der Waals surface area contributed by atoms with Crippen molar-refractivity contribution in [2.24, 2.45) is 11.7 Å². The normalized spacial score (nSPS) is 26.3. The maximum absolute atomic E-state index is 5.63. The molecule has 1 aromatic rings. The molecule has 0 aromatic carbocycles. The summed E-state index contributed by atoms with van der Waals surface area (Å²) in [5.74, 6) is 1.59. The Morgan fingerprint density at radius 2 is 2.38 bits per heavy atom. The van der Waals surface area contributed by atoms with Gasteiger partial charge in [0.15, 0.2) is 0 Å². The van der Waals surface area contributed by atoms with Crippen LogP contribution in [0.25, 0.3) is 0 Å². The number of nitrogens with two attached hydrogens (primary N) is 1. The quantitative estimate of drug-likeness (QED) is 0.785. The highest BCUT2D eigenvalue weighted by atomic mass is 32.1. The van der Waals surface area contributed by atoms with Crippen molar-refractivity contribution < 1.29 is 0 Å². The predicted octanol–water partition coefficient (Wildman–Crippen LogP) is 2.76. The van der Waals surface area contributed by atoms with Gasteiger partial charge in [-0.3, -0.25) is 0 Å². The molecule has 13 heavy (non-hydrogen) atoms. The summed E-state index contributed by atoms with van der Waals surface area (Å²) in [6.07, 6.45) is 3.82. The lowest BCUT2D eigenvalue weighted by atomic mass is 10.2. The molecule has 2 rings (SSSR count). The van der Waals surface area contributed by atoms with Gasteiger partial charge in [-0.1, -0.05) is 13.3 Å². The Labute approximate surface area is 84.0 Å². The van der Waals surface area contributed by atoms with E-state index in [1.165, 1.54) is 19.3 Å². The molecule has 0 radical (unpaired) electrons. The average Bonchev–Trinajstić information content (AvgIpc) is 2.80. The SMILES string of the molecule is CCCc1ccc(C2CC2CN)s1. The molecule has 1 aliphatic carbocycles. The third kappa shape index (κ3) is 1.94. The number of hydrogen-bond donors (Lipinski definition) is 1. The van der Waals surface area contributed by atoms with E-state index in [-0.39, 0.29) is 0 Å². The van der Waals surface area contributed by atoms with Crippen LogP contribution in [0.5, 0.6) is 0 Å². The molecule has 2 heteroatoms. The molecule has 0 aliphatic heterocycles. The lowest BCUT2D eigenvalue weighted by Gasteiger charge is -1.92. The van der Waals surface area contributed by atoms with Gasteiger partial charge >= 0.3 is 0 Å². The van der Waals surface area contributed by atoms with Gasteiger partial charge in [0.05, 0.1) is 0 Å². The van der Waals surface area contributed by atoms with E-state index >= 15 is 0 Å². The van der Waals surface area contributed by atoms with Gasteiger partial charge in [-0.05, 0) is 43.4 Å². The van der Waals surface area contributed by atoms with Crippen LogP contribution in [0.4, 0.5) is 0 Å². The van der Waals surface area contributed by atoms with Gasteiger partial charge in [-0.15, -0.1) is 11.3 Å². The summed E-state index contributed by atoms with van der Waals surface area (Å²) in [4.78, 5) is 3.11. The lowest BCUT2D eigenvalue weighted by molar-refractivity contribution is 0.815. The number of aryl methyl sites for hydroxylation is 1. The maximum atomic E-state index is 5.63. The van der Waals surface area contributed by atoms with Crippen molar-refractivity contribution in [1.29, 1.82) is 0 Å². The minimum atomic E-state index is 0.785. The summed E-state index contributed by atoms with van der Waals surface area (Å²) in [6, 6.07) is 4.59. The predicted molar refractivity (Wildman–Crippen MR) is 58.2 cm³/mol. The standard InChI is InChI=1S/C11H17NS/c1-2-3-9-4-5-11(13-9)10-6-8(10)7-12/h4-5,8,10H,2-3,6-7,12H2,1H3. The van der Waals surface area contributed by atoms with E-state index in [0.717, 1.165) is 18.4 Å². The Hall–Kier alpha value is -0.340. The van der Waals surface area contributed by atoms with Gasteiger partial charge in [-0.2, -0.15) is 0 Å². The molecule has 1 nitrogen and oxygen atoms in total. The summed E-state index contributed by atoms with van der Waals surface area (Å²) >= 11 is 1.99. The molecule has 0 amide bonds. The molecule has 1 saturated carbocycles. The zero-order valence-corrected chi connectivity index (χ0v) is 8.94. The smallest absolute Gasteiger partial charge is 0.00825 e. The summed E-state index contributed by atoms with van der Waals surface area (Å²) in [5, 5.41) is 0. The first-order valence-electron chi connectivity index (χ1n) is 5.13. The molecular formula is C11H17NS. The van der Waals surface area contributed by atoms with E-state index < -0.39 is 0 Å². The maximum Gasteiger partial charge on any atom is 0.00825 e. The average molecular weight is 195 g/mol. The van der Waals surface area contributed by atoms with Crippen molar-refractivity contribution in [3.8, 4) is 0 Å². The van der Waals surface area contributed by atoms with E-state index in [1.807, 2.05) is 11.3 Å². The van der Waals surface area contributed by atoms with Crippen molar-refractivity contribution in [2.75, 3.05) is 6.54 Å². The number of thiophene rings is 1. The second kappa shape index (κ2) is 3.81. The third-order valence-electron chi connectivity index (χ3n) is 2.77. The highest BCUT2D eigenvalue weighted by Crippen LogP contribution is 2.48. The van der Waals surface area contributed by atoms with Gasteiger partial charge in [0.25, 0.3) is 0 Å². The van der Waals surface area contributed by atoms with E-state index in [2.05, 4.69) is 19.1 Å². The van der Waals surface area contributed by atoms with Crippen LogP contribution in [0.1, 0.15) is 35.4 Å². The molecule has 72 valence electrons. The molecule has 2 N–H and O–H groups in total. The van der Waals surface area contributed by atoms with Gasteiger partial charge in [-0.25, -0.2) is 0 Å². The molecule has 1 fully saturated rings. The second-order valence-corrected chi connectivity index (χ2v) is 5.09. The highest BCUT2D eigenvalue weighted by Gasteiger charge is 2.37. The van der Waals surface area contributed by atoms with Crippen LogP contribution in [0.15, 0.2) is 12.1 Å². The van der Waals surface area contributed by atoms with Crippen molar-refractivity contribution in [3.63, 3.8) is 0 Å². The van der Waals surface area contributed by atoms with E-state index in [9.17, 15) is 0 Å². The summed E-state index contributed by atoms with van der Waals surface area (Å²) in [5.41, 5.74) is 5.63. The first kappa shape index (κ1) is 9.22. The van der Waals surface area contributed by atoms with Crippen LogP contribution < -0.4 is 5.73 Å². The van der Waals surface area contributed by atoms with Crippen molar-refractivity contribution in [1.82, 2.24) is 0 Å². The zero-order valence-electron chi connectivity index (χ0n) is 8.12. The van der Waals surface area contributed by atoms with Gasteiger partial charge < -0.3 is 5.73 Å². The van der Waals surface area contributed by atoms with Crippen LogP contribution >= 0.6 is 11.3 Å². The monoisotopic (exact) mass is 195 g/mol. The molecular weight excluding hydrogens is 178 g/mol. The minimum absolute atomic E-state index is 0.785. The van der Waals surface area contributed by atoms with Crippen LogP contribution in [0, 0.1) is 5.92 Å². The number of rotatable bonds is 4. The van der Waals surface area contributed by atoms with Gasteiger partial charge in [0.2, 0.25) is 0 Å². The van der Waals surface area contributed by atoms with Gasteiger partial charge in [0.1, 0.15) is 0 Å². The van der Waals surface area contributed by atoms with E-state index in [4.69, 9.17) is 5.73 Å². The highest BCUT2D eigenvalue weighted by molar-refractivity contribution is 7.12. The fourth-order valence-corrected chi connectivity index (χ4v) is 3.15. The molecule has 1 heterocycles. The van der Waals surface area contributed by atoms with Crippen LogP contribution in [-0.4, -0.2) is 6.54 Å². The Balaban J connectivity index is 1.98. The van der Waals surface area contributed by atoms with Crippen LogP contribution in [-0.2, 0) is 6.42 Å². The minimum Gasteiger partial charge on any atom is -0.330 e. The van der Waals surface area contributed by atoms with E-state index in [0.29, 0.717) is 0 Å². The zero-order chi connectivity index (χ0) is 9.26. The first-order chi connectivity index (χ1) is 6.35.